The van der Waals surface area contributed by atoms with E-state index in [2.05, 4.69) is 14.9 Å². The molecule has 0 saturated carbocycles. The van der Waals surface area contributed by atoms with Crippen molar-refractivity contribution in [2.24, 2.45) is 0 Å². The van der Waals surface area contributed by atoms with Crippen LogP contribution >= 0.6 is 0 Å². The first-order valence-corrected chi connectivity index (χ1v) is 18.7. The third-order valence-corrected chi connectivity index (χ3v) is 11.6. The van der Waals surface area contributed by atoms with Crippen LogP contribution < -0.4 is 19.1 Å². The van der Waals surface area contributed by atoms with Crippen LogP contribution in [0.25, 0.3) is 32.9 Å². The highest BCUT2D eigenvalue weighted by atomic mass is 19.2. The molecular formula is C39H42F4N6O6. The Hall–Kier alpha value is -4.70. The van der Waals surface area contributed by atoms with Crippen LogP contribution in [0.4, 0.5) is 28.2 Å². The zero-order chi connectivity index (χ0) is 38.4. The van der Waals surface area contributed by atoms with E-state index < -0.39 is 46.9 Å². The summed E-state index contributed by atoms with van der Waals surface area (Å²) in [7, 11) is 1.43. The fraction of sp³-hybridized carbons (Fsp3) is 0.538. The normalized spacial score (nSPS) is 25.9. The Kier molecular flexibility index (Phi) is 8.64. The van der Waals surface area contributed by atoms with Crippen LogP contribution in [0.5, 0.6) is 17.6 Å². The summed E-state index contributed by atoms with van der Waals surface area (Å²) in [5.41, 5.74) is -1.90. The largest absolute Gasteiger partial charge is 0.475 e. The first kappa shape index (κ1) is 36.0. The van der Waals surface area contributed by atoms with E-state index in [0.29, 0.717) is 38.2 Å². The summed E-state index contributed by atoms with van der Waals surface area (Å²) in [5.74, 6) is -2.76. The molecule has 0 radical (unpaired) electrons. The van der Waals surface area contributed by atoms with Gasteiger partial charge in [0.25, 0.3) is 0 Å². The van der Waals surface area contributed by atoms with Gasteiger partial charge in [-0.1, -0.05) is 6.07 Å². The minimum absolute atomic E-state index is 0.0214. The molecule has 4 saturated heterocycles. The first-order chi connectivity index (χ1) is 26.3. The number of halogens is 4. The summed E-state index contributed by atoms with van der Waals surface area (Å²) in [6.45, 7) is 6.84. The minimum atomic E-state index is -1.19. The van der Waals surface area contributed by atoms with Crippen molar-refractivity contribution in [3.05, 3.63) is 41.7 Å². The molecule has 16 heteroatoms. The summed E-state index contributed by atoms with van der Waals surface area (Å²) in [6, 6.07) is 4.09. The Morgan fingerprint density at radius 2 is 1.85 bits per heavy atom. The molecule has 0 N–H and O–H groups in total. The predicted molar refractivity (Wildman–Crippen MR) is 193 cm³/mol. The number of hydrogen-bond donors (Lipinski definition) is 0. The van der Waals surface area contributed by atoms with E-state index in [9.17, 15) is 13.6 Å². The minimum Gasteiger partial charge on any atom is -0.475 e. The number of methoxy groups -OCH3 is 1. The maximum atomic E-state index is 17.4. The molecule has 2 bridgehead atoms. The molecular weight excluding hydrogens is 724 g/mol. The van der Waals surface area contributed by atoms with Gasteiger partial charge in [0.15, 0.2) is 24.2 Å². The van der Waals surface area contributed by atoms with Gasteiger partial charge in [0.1, 0.15) is 53.2 Å². The van der Waals surface area contributed by atoms with Gasteiger partial charge < -0.3 is 28.6 Å². The van der Waals surface area contributed by atoms with Gasteiger partial charge in [-0.15, -0.1) is 0 Å². The van der Waals surface area contributed by atoms with E-state index in [4.69, 9.17) is 28.7 Å². The lowest BCUT2D eigenvalue weighted by Crippen LogP contribution is -2.63. The van der Waals surface area contributed by atoms with Crippen LogP contribution in [0.3, 0.4) is 0 Å². The zero-order valence-electron chi connectivity index (χ0n) is 31.0. The van der Waals surface area contributed by atoms with Crippen LogP contribution in [0.2, 0.25) is 0 Å². The molecule has 0 spiro atoms. The Morgan fingerprint density at radius 1 is 1.02 bits per heavy atom. The second-order valence-electron chi connectivity index (χ2n) is 16.2. The van der Waals surface area contributed by atoms with Crippen molar-refractivity contribution in [3.63, 3.8) is 0 Å². The number of anilines is 1. The monoisotopic (exact) mass is 766 g/mol. The summed E-state index contributed by atoms with van der Waals surface area (Å²) in [5, 5.41) is 0.197. The topological polar surface area (TPSA) is 112 Å². The highest BCUT2D eigenvalue weighted by Gasteiger charge is 2.52. The Balaban J connectivity index is 1.20. The third-order valence-electron chi connectivity index (χ3n) is 11.6. The molecule has 2 aromatic carbocycles. The van der Waals surface area contributed by atoms with Gasteiger partial charge in [0, 0.05) is 37.6 Å². The summed E-state index contributed by atoms with van der Waals surface area (Å²) >= 11 is 0. The van der Waals surface area contributed by atoms with Gasteiger partial charge in [-0.05, 0) is 76.6 Å². The first-order valence-electron chi connectivity index (χ1n) is 18.7. The number of benzene rings is 2. The van der Waals surface area contributed by atoms with Crippen LogP contribution in [0, 0.1) is 17.5 Å². The van der Waals surface area contributed by atoms with Crippen molar-refractivity contribution in [1.82, 2.24) is 24.8 Å². The van der Waals surface area contributed by atoms with E-state index in [1.165, 1.54) is 25.3 Å². The quantitative estimate of drug-likeness (QED) is 0.151. The van der Waals surface area contributed by atoms with E-state index in [1.54, 1.807) is 4.90 Å². The number of pyridine rings is 1. The molecule has 2 aromatic heterocycles. The molecule has 0 aliphatic carbocycles. The van der Waals surface area contributed by atoms with Crippen molar-refractivity contribution < 1.29 is 46.0 Å². The number of amides is 1. The van der Waals surface area contributed by atoms with Crippen LogP contribution in [-0.4, -0.2) is 113 Å². The molecule has 55 heavy (non-hydrogen) atoms. The summed E-state index contributed by atoms with van der Waals surface area (Å²) in [4.78, 5) is 33.5. The van der Waals surface area contributed by atoms with Crippen LogP contribution in [0.15, 0.2) is 24.3 Å². The number of aromatic nitrogens is 3. The molecule has 5 atom stereocenters. The molecule has 5 aliphatic rings. The predicted octanol–water partition coefficient (Wildman–Crippen LogP) is 6.55. The Bertz CT molecular complexity index is 2210. The van der Waals surface area contributed by atoms with Crippen molar-refractivity contribution in [1.29, 1.82) is 0 Å². The molecule has 1 amide bonds. The standard InChI is InChI=1S/C39H42F4N6O6/c1-38(2,3)55-37(50)49-22-7-9-26(49)27-17-52-35-29-33(45-36(46-34(29)48(27)16-22)53-18-39-10-5-11-47(39)15-21(40)14-39)31(43)32(44-35)24-13-23(54-19-51-4)12-20-6-8-25(41)30(42)28(20)24/h6,8,12-13,21-22,26-27H,5,7,9-11,14-19H2,1-4H3/t21-,22-,26+,27+,39-/m0/s1. The smallest absolute Gasteiger partial charge is 0.410 e. The molecule has 7 heterocycles. The summed E-state index contributed by atoms with van der Waals surface area (Å²) < 4.78 is 91.8. The number of ether oxygens (including phenoxy) is 5. The van der Waals surface area contributed by atoms with Gasteiger partial charge in [-0.25, -0.2) is 27.3 Å². The third kappa shape index (κ3) is 6.03. The SMILES string of the molecule is COCOc1cc(-c2nc3c4c(nc(OC[C@@]56CCCN5C[C@@H](F)C6)nc4c2F)N2C[C@@H]4CC[C@H]([C@H]2CO3)N4C(=O)OC(C)(C)C)c2c(F)c(F)ccc2c1. The second kappa shape index (κ2) is 13.2. The van der Waals surface area contributed by atoms with Crippen molar-refractivity contribution in [3.8, 4) is 28.9 Å². The molecule has 4 aromatic rings. The van der Waals surface area contributed by atoms with Gasteiger partial charge in [0.05, 0.1) is 23.7 Å². The summed E-state index contributed by atoms with van der Waals surface area (Å²) in [6.07, 6.45) is 1.92. The number of hydrogen-bond acceptors (Lipinski definition) is 11. The lowest BCUT2D eigenvalue weighted by atomic mass is 9.95. The fourth-order valence-corrected chi connectivity index (χ4v) is 9.32. The lowest BCUT2D eigenvalue weighted by Gasteiger charge is -2.46. The van der Waals surface area contributed by atoms with Gasteiger partial charge in [0.2, 0.25) is 5.88 Å². The molecule has 5 aliphatic heterocycles. The van der Waals surface area contributed by atoms with Crippen molar-refractivity contribution >= 4 is 33.6 Å². The highest BCUT2D eigenvalue weighted by Crippen LogP contribution is 2.47. The number of rotatable bonds is 7. The molecule has 292 valence electrons. The van der Waals surface area contributed by atoms with Crippen molar-refractivity contribution in [2.75, 3.05) is 51.7 Å². The highest BCUT2D eigenvalue weighted by molar-refractivity contribution is 6.02. The number of fused-ring (bicyclic) bond motifs is 7. The number of nitrogens with zero attached hydrogens (tertiary/aromatic N) is 6. The van der Waals surface area contributed by atoms with Crippen LogP contribution in [0.1, 0.15) is 52.9 Å². The van der Waals surface area contributed by atoms with E-state index in [0.717, 1.165) is 25.5 Å². The van der Waals surface area contributed by atoms with Crippen molar-refractivity contribution in [2.45, 2.75) is 88.3 Å². The van der Waals surface area contributed by atoms with Gasteiger partial charge in [-0.3, -0.25) is 9.80 Å². The van der Waals surface area contributed by atoms with Gasteiger partial charge in [-0.2, -0.15) is 9.97 Å². The molecule has 12 nitrogen and oxygen atoms in total. The maximum Gasteiger partial charge on any atom is 0.410 e. The van der Waals surface area contributed by atoms with Gasteiger partial charge >= 0.3 is 12.1 Å². The maximum absolute atomic E-state index is 17.4. The second-order valence-corrected chi connectivity index (χ2v) is 16.2. The number of piperazine rings is 1. The zero-order valence-corrected chi connectivity index (χ0v) is 31.0. The van der Waals surface area contributed by atoms with Crippen LogP contribution in [-0.2, 0) is 9.47 Å². The average Bonchev–Trinajstić information content (AvgIpc) is 3.75. The van der Waals surface area contributed by atoms with E-state index in [1.807, 2.05) is 25.7 Å². The number of carbonyl (C=O) groups is 1. The molecule has 9 rings (SSSR count). The Morgan fingerprint density at radius 3 is 2.65 bits per heavy atom. The molecule has 0 unspecified atom stereocenters. The lowest BCUT2D eigenvalue weighted by molar-refractivity contribution is 0.00537. The van der Waals surface area contributed by atoms with E-state index in [-0.39, 0.29) is 82.7 Å². The number of carbonyl (C=O) groups excluding carboxylic acids is 1. The molecule has 4 fully saturated rings. The number of alkyl halides is 1. The Labute approximate surface area is 314 Å². The average molecular weight is 767 g/mol. The fourth-order valence-electron chi connectivity index (χ4n) is 9.32. The van der Waals surface area contributed by atoms with E-state index >= 15 is 8.78 Å².